The van der Waals surface area contributed by atoms with Crippen molar-refractivity contribution in [2.24, 2.45) is 0 Å². The molecule has 1 aromatic rings. The fourth-order valence-corrected chi connectivity index (χ4v) is 2.52. The molecule has 1 atom stereocenters. The fraction of sp³-hybridized carbons (Fsp3) is 0.600. The summed E-state index contributed by atoms with van der Waals surface area (Å²) >= 11 is 0. The van der Waals surface area contributed by atoms with Crippen LogP contribution in [0.1, 0.15) is 37.8 Å². The summed E-state index contributed by atoms with van der Waals surface area (Å²) in [6.07, 6.45) is 3.53. The Morgan fingerprint density at radius 1 is 1.37 bits per heavy atom. The average molecular weight is 268 g/mol. The van der Waals surface area contributed by atoms with Crippen molar-refractivity contribution >= 4 is 0 Å². The number of hydrogen-bond donors (Lipinski definition) is 1. The predicted octanol–water partition coefficient (Wildman–Crippen LogP) is 3.10. The third-order valence-electron chi connectivity index (χ3n) is 3.70. The predicted molar refractivity (Wildman–Crippen MR) is 73.0 cm³/mol. The SMILES string of the molecule is CCCN(CC(NC)c1cccc(F)c1F)C1CC1. The maximum absolute atomic E-state index is 13.9. The number of nitrogens with zero attached hydrogens (tertiary/aromatic N) is 1. The molecule has 4 heteroatoms. The number of likely N-dealkylation sites (N-methyl/N-ethyl adjacent to an activating group) is 1. The highest BCUT2D eigenvalue weighted by molar-refractivity contribution is 5.23. The van der Waals surface area contributed by atoms with Gasteiger partial charge in [-0.05, 0) is 38.9 Å². The van der Waals surface area contributed by atoms with E-state index in [9.17, 15) is 8.78 Å². The van der Waals surface area contributed by atoms with Gasteiger partial charge in [0, 0.05) is 24.2 Å². The van der Waals surface area contributed by atoms with Crippen molar-refractivity contribution in [2.75, 3.05) is 20.1 Å². The van der Waals surface area contributed by atoms with Crippen LogP contribution in [0, 0.1) is 11.6 Å². The quantitative estimate of drug-likeness (QED) is 0.817. The van der Waals surface area contributed by atoms with E-state index >= 15 is 0 Å². The van der Waals surface area contributed by atoms with Crippen molar-refractivity contribution in [1.29, 1.82) is 0 Å². The molecule has 0 saturated heterocycles. The van der Waals surface area contributed by atoms with Gasteiger partial charge in [0.15, 0.2) is 11.6 Å². The second-order valence-corrected chi connectivity index (χ2v) is 5.21. The monoisotopic (exact) mass is 268 g/mol. The van der Waals surface area contributed by atoms with Crippen LogP contribution in [0.2, 0.25) is 0 Å². The van der Waals surface area contributed by atoms with Crippen LogP contribution in [0.25, 0.3) is 0 Å². The maximum Gasteiger partial charge on any atom is 0.163 e. The van der Waals surface area contributed by atoms with Gasteiger partial charge < -0.3 is 5.32 Å². The van der Waals surface area contributed by atoms with Gasteiger partial charge >= 0.3 is 0 Å². The zero-order valence-electron chi connectivity index (χ0n) is 11.6. The molecule has 1 N–H and O–H groups in total. The normalized spacial score (nSPS) is 16.9. The van der Waals surface area contributed by atoms with Crippen molar-refractivity contribution in [3.05, 3.63) is 35.4 Å². The highest BCUT2D eigenvalue weighted by Crippen LogP contribution is 2.29. The Labute approximate surface area is 113 Å². The summed E-state index contributed by atoms with van der Waals surface area (Å²) in [7, 11) is 1.80. The second kappa shape index (κ2) is 6.44. The number of benzene rings is 1. The first-order valence-corrected chi connectivity index (χ1v) is 7.02. The Morgan fingerprint density at radius 3 is 2.68 bits per heavy atom. The smallest absolute Gasteiger partial charge is 0.163 e. The maximum atomic E-state index is 13.9. The standard InChI is InChI=1S/C15H22F2N2/c1-3-9-19(11-7-8-11)10-14(18-2)12-5-4-6-13(16)15(12)17/h4-6,11,14,18H,3,7-10H2,1-2H3. The lowest BCUT2D eigenvalue weighted by molar-refractivity contribution is 0.234. The minimum Gasteiger partial charge on any atom is -0.312 e. The lowest BCUT2D eigenvalue weighted by atomic mass is 10.1. The van der Waals surface area contributed by atoms with Crippen LogP contribution >= 0.6 is 0 Å². The van der Waals surface area contributed by atoms with Crippen LogP contribution in [-0.2, 0) is 0 Å². The fourth-order valence-electron chi connectivity index (χ4n) is 2.52. The van der Waals surface area contributed by atoms with E-state index < -0.39 is 11.6 Å². The Morgan fingerprint density at radius 2 is 2.11 bits per heavy atom. The molecule has 0 heterocycles. The first-order chi connectivity index (χ1) is 9.17. The van der Waals surface area contributed by atoms with Crippen molar-refractivity contribution in [1.82, 2.24) is 10.2 Å². The summed E-state index contributed by atoms with van der Waals surface area (Å²) in [6, 6.07) is 4.86. The molecule has 1 aromatic carbocycles. The van der Waals surface area contributed by atoms with Crippen LogP contribution < -0.4 is 5.32 Å². The summed E-state index contributed by atoms with van der Waals surface area (Å²) in [5.41, 5.74) is 0.421. The summed E-state index contributed by atoms with van der Waals surface area (Å²) in [4.78, 5) is 2.38. The van der Waals surface area contributed by atoms with E-state index in [1.165, 1.54) is 12.8 Å². The van der Waals surface area contributed by atoms with E-state index in [4.69, 9.17) is 0 Å². The molecule has 2 nitrogen and oxygen atoms in total. The molecule has 0 radical (unpaired) electrons. The molecular weight excluding hydrogens is 246 g/mol. The molecule has 1 aliphatic carbocycles. The number of rotatable bonds is 7. The highest BCUT2D eigenvalue weighted by atomic mass is 19.2. The lowest BCUT2D eigenvalue weighted by Gasteiger charge is -2.27. The zero-order chi connectivity index (χ0) is 13.8. The van der Waals surface area contributed by atoms with Gasteiger partial charge in [0.05, 0.1) is 0 Å². The van der Waals surface area contributed by atoms with E-state index in [0.717, 1.165) is 25.6 Å². The van der Waals surface area contributed by atoms with Gasteiger partial charge in [-0.25, -0.2) is 8.78 Å². The van der Waals surface area contributed by atoms with E-state index in [1.54, 1.807) is 19.2 Å². The third-order valence-corrected chi connectivity index (χ3v) is 3.70. The van der Waals surface area contributed by atoms with Crippen LogP contribution in [0.4, 0.5) is 8.78 Å². The first kappa shape index (κ1) is 14.4. The molecule has 106 valence electrons. The van der Waals surface area contributed by atoms with Gasteiger partial charge in [-0.2, -0.15) is 0 Å². The average Bonchev–Trinajstić information content (AvgIpc) is 3.23. The summed E-state index contributed by atoms with van der Waals surface area (Å²) in [6.45, 7) is 3.89. The third kappa shape index (κ3) is 3.51. The molecule has 2 rings (SSSR count). The zero-order valence-corrected chi connectivity index (χ0v) is 11.6. The molecule has 0 aliphatic heterocycles. The van der Waals surface area contributed by atoms with Crippen LogP contribution in [0.15, 0.2) is 18.2 Å². The molecule has 1 saturated carbocycles. The van der Waals surface area contributed by atoms with E-state index in [0.29, 0.717) is 11.6 Å². The summed E-state index contributed by atoms with van der Waals surface area (Å²) in [5.74, 6) is -1.50. The Kier molecular flexibility index (Phi) is 4.88. The molecule has 1 unspecified atom stereocenters. The Hall–Kier alpha value is -1.00. The largest absolute Gasteiger partial charge is 0.312 e. The Bertz CT molecular complexity index is 419. The second-order valence-electron chi connectivity index (χ2n) is 5.21. The summed E-state index contributed by atoms with van der Waals surface area (Å²) in [5, 5.41) is 3.11. The van der Waals surface area contributed by atoms with Gasteiger partial charge in [-0.3, -0.25) is 4.90 Å². The molecule has 1 fully saturated rings. The number of halogens is 2. The van der Waals surface area contributed by atoms with Crippen molar-refractivity contribution in [3.63, 3.8) is 0 Å². The van der Waals surface area contributed by atoms with Crippen LogP contribution in [0.3, 0.4) is 0 Å². The van der Waals surface area contributed by atoms with Gasteiger partial charge in [0.2, 0.25) is 0 Å². The highest BCUT2D eigenvalue weighted by Gasteiger charge is 2.30. The van der Waals surface area contributed by atoms with E-state index in [1.807, 2.05) is 0 Å². The topological polar surface area (TPSA) is 15.3 Å². The molecule has 0 spiro atoms. The van der Waals surface area contributed by atoms with Gasteiger partial charge in [-0.15, -0.1) is 0 Å². The minimum atomic E-state index is -0.772. The van der Waals surface area contributed by atoms with Gasteiger partial charge in [0.1, 0.15) is 0 Å². The van der Waals surface area contributed by atoms with E-state index in [2.05, 4.69) is 17.1 Å². The molecule has 0 amide bonds. The van der Waals surface area contributed by atoms with Crippen molar-refractivity contribution < 1.29 is 8.78 Å². The van der Waals surface area contributed by atoms with Gasteiger partial charge in [-0.1, -0.05) is 19.1 Å². The molecule has 0 aromatic heterocycles. The van der Waals surface area contributed by atoms with Crippen molar-refractivity contribution in [3.8, 4) is 0 Å². The summed E-state index contributed by atoms with van der Waals surface area (Å²) < 4.78 is 27.2. The minimum absolute atomic E-state index is 0.164. The molecule has 0 bridgehead atoms. The lowest BCUT2D eigenvalue weighted by Crippen LogP contribution is -2.36. The van der Waals surface area contributed by atoms with Crippen LogP contribution in [-0.4, -0.2) is 31.1 Å². The first-order valence-electron chi connectivity index (χ1n) is 7.02. The molecule has 19 heavy (non-hydrogen) atoms. The number of hydrogen-bond acceptors (Lipinski definition) is 2. The van der Waals surface area contributed by atoms with Crippen molar-refractivity contribution in [2.45, 2.75) is 38.3 Å². The molecular formula is C15H22F2N2. The molecule has 1 aliphatic rings. The number of nitrogens with one attached hydrogen (secondary N) is 1. The van der Waals surface area contributed by atoms with Gasteiger partial charge in [0.25, 0.3) is 0 Å². The van der Waals surface area contributed by atoms with Crippen LogP contribution in [0.5, 0.6) is 0 Å². The van der Waals surface area contributed by atoms with E-state index in [-0.39, 0.29) is 6.04 Å². The Balaban J connectivity index is 2.12.